The predicted molar refractivity (Wildman–Crippen MR) is 88.5 cm³/mol. The summed E-state index contributed by atoms with van der Waals surface area (Å²) in [6.45, 7) is 1.69. The fraction of sp³-hybridized carbons (Fsp3) is 0.278. The van der Waals surface area contributed by atoms with Gasteiger partial charge >= 0.3 is 0 Å². The van der Waals surface area contributed by atoms with Crippen molar-refractivity contribution in [3.63, 3.8) is 0 Å². The Hall–Kier alpha value is -2.60. The molecule has 1 fully saturated rings. The third kappa shape index (κ3) is 3.19. The number of hydrogen-bond acceptors (Lipinski definition) is 4. The monoisotopic (exact) mass is 330 g/mol. The van der Waals surface area contributed by atoms with Crippen molar-refractivity contribution >= 4 is 11.6 Å². The van der Waals surface area contributed by atoms with E-state index >= 15 is 0 Å². The van der Waals surface area contributed by atoms with Crippen molar-refractivity contribution in [2.24, 2.45) is 0 Å². The summed E-state index contributed by atoms with van der Waals surface area (Å²) in [5, 5.41) is 18.5. The van der Waals surface area contributed by atoms with Crippen LogP contribution in [0.15, 0.2) is 42.5 Å². The second kappa shape index (κ2) is 6.88. The highest BCUT2D eigenvalue weighted by Crippen LogP contribution is 2.24. The lowest BCUT2D eigenvalue weighted by atomic mass is 10.1. The first-order valence-corrected chi connectivity index (χ1v) is 7.81. The number of aliphatic hydroxyl groups is 1. The Balaban J connectivity index is 1.68. The number of halogens is 1. The maximum Gasteiger partial charge on any atom is 0.253 e. The fourth-order valence-corrected chi connectivity index (χ4v) is 2.87. The van der Waals surface area contributed by atoms with Crippen LogP contribution in [0.2, 0.25) is 0 Å². The fourth-order valence-electron chi connectivity index (χ4n) is 2.87. The first-order valence-electron chi connectivity index (χ1n) is 7.81. The van der Waals surface area contributed by atoms with Crippen LogP contribution in [-0.2, 0) is 6.61 Å². The zero-order chi connectivity index (χ0) is 17.1. The first-order chi connectivity index (χ1) is 11.6. The van der Waals surface area contributed by atoms with Gasteiger partial charge in [0.25, 0.3) is 5.91 Å². The van der Waals surface area contributed by atoms with Gasteiger partial charge in [-0.2, -0.15) is 0 Å². The number of carbonyl (C=O) groups is 1. The number of amides is 1. The van der Waals surface area contributed by atoms with Crippen molar-refractivity contribution in [2.75, 3.05) is 31.1 Å². The highest BCUT2D eigenvalue weighted by atomic mass is 19.1. The minimum Gasteiger partial charge on any atom is -0.508 e. The van der Waals surface area contributed by atoms with Gasteiger partial charge in [-0.3, -0.25) is 4.79 Å². The van der Waals surface area contributed by atoms with Crippen molar-refractivity contribution < 1.29 is 19.4 Å². The molecule has 5 nitrogen and oxygen atoms in total. The number of phenolic OH excluding ortho intramolecular Hbond substituents is 1. The summed E-state index contributed by atoms with van der Waals surface area (Å²) < 4.78 is 14.3. The quantitative estimate of drug-likeness (QED) is 0.903. The van der Waals surface area contributed by atoms with Crippen LogP contribution in [0.4, 0.5) is 10.1 Å². The number of anilines is 1. The number of phenols is 1. The van der Waals surface area contributed by atoms with E-state index in [9.17, 15) is 19.4 Å². The average Bonchev–Trinajstić information content (AvgIpc) is 2.62. The molecule has 2 aromatic carbocycles. The highest BCUT2D eigenvalue weighted by molar-refractivity contribution is 5.94. The van der Waals surface area contributed by atoms with Gasteiger partial charge in [0.15, 0.2) is 5.82 Å². The van der Waals surface area contributed by atoms with Crippen molar-refractivity contribution in [3.05, 3.63) is 59.4 Å². The van der Waals surface area contributed by atoms with Crippen LogP contribution >= 0.6 is 0 Å². The van der Waals surface area contributed by atoms with Gasteiger partial charge in [0.1, 0.15) is 5.75 Å². The molecule has 1 amide bonds. The SMILES string of the molecule is O=C(c1ccc(O)cc1)N1CCN(c2cccc(CO)c2F)CC1. The Morgan fingerprint density at radius 2 is 1.71 bits per heavy atom. The molecule has 0 aliphatic carbocycles. The maximum absolute atomic E-state index is 14.3. The largest absolute Gasteiger partial charge is 0.508 e. The molecule has 2 aromatic rings. The predicted octanol–water partition coefficient (Wildman–Crippen LogP) is 1.99. The molecule has 0 radical (unpaired) electrons. The van der Waals surface area contributed by atoms with Crippen LogP contribution in [0, 0.1) is 5.82 Å². The van der Waals surface area contributed by atoms with Gasteiger partial charge in [0.2, 0.25) is 0 Å². The van der Waals surface area contributed by atoms with E-state index in [1.807, 2.05) is 4.90 Å². The minimum absolute atomic E-state index is 0.0979. The number of hydrogen-bond donors (Lipinski definition) is 2. The van der Waals surface area contributed by atoms with E-state index in [0.717, 1.165) is 0 Å². The molecule has 0 unspecified atom stereocenters. The van der Waals surface area contributed by atoms with Gasteiger partial charge in [0.05, 0.1) is 12.3 Å². The van der Waals surface area contributed by atoms with Crippen LogP contribution in [0.5, 0.6) is 5.75 Å². The van der Waals surface area contributed by atoms with Crippen LogP contribution in [0.3, 0.4) is 0 Å². The second-order valence-corrected chi connectivity index (χ2v) is 5.73. The van der Waals surface area contributed by atoms with E-state index in [2.05, 4.69) is 0 Å². The lowest BCUT2D eigenvalue weighted by Crippen LogP contribution is -2.49. The van der Waals surface area contributed by atoms with Crippen LogP contribution < -0.4 is 4.90 Å². The summed E-state index contributed by atoms with van der Waals surface area (Å²) in [7, 11) is 0. The third-order valence-electron chi connectivity index (χ3n) is 4.25. The molecule has 1 aliphatic heterocycles. The number of aliphatic hydroxyl groups excluding tert-OH is 1. The van der Waals surface area contributed by atoms with Gasteiger partial charge in [-0.15, -0.1) is 0 Å². The molecule has 1 aliphatic rings. The highest BCUT2D eigenvalue weighted by Gasteiger charge is 2.24. The van der Waals surface area contributed by atoms with E-state index in [-0.39, 0.29) is 23.8 Å². The summed E-state index contributed by atoms with van der Waals surface area (Å²) in [4.78, 5) is 16.0. The number of benzene rings is 2. The van der Waals surface area contributed by atoms with E-state index in [0.29, 0.717) is 37.4 Å². The molecule has 126 valence electrons. The Morgan fingerprint density at radius 1 is 1.04 bits per heavy atom. The molecule has 2 N–H and O–H groups in total. The van der Waals surface area contributed by atoms with Crippen LogP contribution in [0.25, 0.3) is 0 Å². The summed E-state index contributed by atoms with van der Waals surface area (Å²) in [6, 6.07) is 11.1. The molecule has 1 heterocycles. The maximum atomic E-state index is 14.3. The summed E-state index contributed by atoms with van der Waals surface area (Å²) in [5.41, 5.74) is 1.25. The topological polar surface area (TPSA) is 64.0 Å². The molecule has 3 rings (SSSR count). The standard InChI is InChI=1S/C18H19FN2O3/c19-17-14(12-22)2-1-3-16(17)20-8-10-21(11-9-20)18(24)13-4-6-15(23)7-5-13/h1-7,22-23H,8-12H2. The molecular formula is C18H19FN2O3. The van der Waals surface area contributed by atoms with Crippen LogP contribution in [-0.4, -0.2) is 47.2 Å². The van der Waals surface area contributed by atoms with Crippen molar-refractivity contribution in [1.82, 2.24) is 4.90 Å². The van der Waals surface area contributed by atoms with E-state index in [1.54, 1.807) is 35.2 Å². The number of aromatic hydroxyl groups is 1. The van der Waals surface area contributed by atoms with Gasteiger partial charge in [-0.05, 0) is 30.3 Å². The molecule has 0 saturated carbocycles. The summed E-state index contributed by atoms with van der Waals surface area (Å²) >= 11 is 0. The van der Waals surface area contributed by atoms with Gasteiger partial charge < -0.3 is 20.0 Å². The van der Waals surface area contributed by atoms with Gasteiger partial charge in [0, 0.05) is 37.3 Å². The molecular weight excluding hydrogens is 311 g/mol. The Labute approximate surface area is 139 Å². The molecule has 1 saturated heterocycles. The molecule has 0 spiro atoms. The number of rotatable bonds is 3. The zero-order valence-corrected chi connectivity index (χ0v) is 13.2. The lowest BCUT2D eigenvalue weighted by molar-refractivity contribution is 0.0746. The number of carbonyl (C=O) groups excluding carboxylic acids is 1. The summed E-state index contributed by atoms with van der Waals surface area (Å²) in [6.07, 6.45) is 0. The van der Waals surface area contributed by atoms with Crippen LogP contribution in [0.1, 0.15) is 15.9 Å². The first kappa shape index (κ1) is 16.3. The Morgan fingerprint density at radius 3 is 2.33 bits per heavy atom. The number of piperazine rings is 1. The van der Waals surface area contributed by atoms with Crippen molar-refractivity contribution in [1.29, 1.82) is 0 Å². The molecule has 0 bridgehead atoms. The van der Waals surface area contributed by atoms with Crippen molar-refractivity contribution in [3.8, 4) is 5.75 Å². The zero-order valence-electron chi connectivity index (χ0n) is 13.2. The number of nitrogens with zero attached hydrogens (tertiary/aromatic N) is 2. The Kier molecular flexibility index (Phi) is 4.66. The normalized spacial score (nSPS) is 14.8. The second-order valence-electron chi connectivity index (χ2n) is 5.73. The minimum atomic E-state index is -0.404. The Bertz CT molecular complexity index is 726. The summed E-state index contributed by atoms with van der Waals surface area (Å²) in [5.74, 6) is -0.381. The van der Waals surface area contributed by atoms with E-state index in [1.165, 1.54) is 12.1 Å². The van der Waals surface area contributed by atoms with Gasteiger partial charge in [-0.1, -0.05) is 12.1 Å². The molecule has 0 aromatic heterocycles. The molecule has 0 atom stereocenters. The molecule has 6 heteroatoms. The van der Waals surface area contributed by atoms with Gasteiger partial charge in [-0.25, -0.2) is 4.39 Å². The molecule has 24 heavy (non-hydrogen) atoms. The lowest BCUT2D eigenvalue weighted by Gasteiger charge is -2.36. The van der Waals surface area contributed by atoms with E-state index in [4.69, 9.17) is 0 Å². The van der Waals surface area contributed by atoms with E-state index < -0.39 is 5.82 Å². The smallest absolute Gasteiger partial charge is 0.253 e. The average molecular weight is 330 g/mol. The third-order valence-corrected chi connectivity index (χ3v) is 4.25. The van der Waals surface area contributed by atoms with Crippen molar-refractivity contribution in [2.45, 2.75) is 6.61 Å².